The van der Waals surface area contributed by atoms with Crippen molar-refractivity contribution in [2.75, 3.05) is 26.4 Å². The average Bonchev–Trinajstić information content (AvgIpc) is 3.06. The molecule has 0 atom stereocenters. The molecule has 0 aliphatic heterocycles. The summed E-state index contributed by atoms with van der Waals surface area (Å²) < 4.78 is 11.9. The number of unbranched alkanes of at least 4 members (excludes halogenated alkanes) is 14. The van der Waals surface area contributed by atoms with Gasteiger partial charge in [-0.15, -0.1) is 0 Å². The Morgan fingerprint density at radius 2 is 0.822 bits per heavy atom. The zero-order valence-electron chi connectivity index (χ0n) is 27.7. The van der Waals surface area contributed by atoms with Crippen molar-refractivity contribution in [1.29, 1.82) is 0 Å². The van der Waals surface area contributed by atoms with Gasteiger partial charge < -0.3 is 19.7 Å². The zero-order chi connectivity index (χ0) is 31.8. The maximum Gasteiger partial charge on any atom is 0.185 e. The van der Waals surface area contributed by atoms with Gasteiger partial charge in [0.15, 0.2) is 5.78 Å². The van der Waals surface area contributed by atoms with Crippen LogP contribution >= 0.6 is 0 Å². The number of hydrogen-bond acceptors (Lipinski definition) is 5. The van der Waals surface area contributed by atoms with Crippen LogP contribution in [0.1, 0.15) is 133 Å². The van der Waals surface area contributed by atoms with E-state index in [9.17, 15) is 4.79 Å². The average molecular weight is 619 g/mol. The lowest BCUT2D eigenvalue weighted by atomic mass is 9.87. The van der Waals surface area contributed by atoms with Crippen LogP contribution in [0, 0.1) is 0 Å². The largest absolute Gasteiger partial charge is 0.494 e. The summed E-state index contributed by atoms with van der Waals surface area (Å²) in [6.07, 6.45) is 25.3. The summed E-state index contributed by atoms with van der Waals surface area (Å²) in [6.45, 7) is 2.10. The highest BCUT2D eigenvalue weighted by molar-refractivity contribution is 6.13. The second-order valence-electron chi connectivity index (χ2n) is 12.5. The predicted molar refractivity (Wildman–Crippen MR) is 187 cm³/mol. The zero-order valence-corrected chi connectivity index (χ0v) is 27.7. The van der Waals surface area contributed by atoms with Gasteiger partial charge in [0.2, 0.25) is 0 Å². The van der Waals surface area contributed by atoms with Crippen molar-refractivity contribution in [1.82, 2.24) is 0 Å². The first kappa shape index (κ1) is 36.6. The van der Waals surface area contributed by atoms with E-state index in [1.165, 1.54) is 64.2 Å². The van der Waals surface area contributed by atoms with Crippen LogP contribution in [-0.4, -0.2) is 42.4 Å². The monoisotopic (exact) mass is 618 g/mol. The summed E-state index contributed by atoms with van der Waals surface area (Å²) in [5, 5.41) is 17.7. The molecule has 248 valence electrons. The Morgan fingerprint density at radius 1 is 0.489 bits per heavy atom. The molecule has 0 spiro atoms. The summed E-state index contributed by atoms with van der Waals surface area (Å²) >= 11 is 0. The number of carbonyl (C=O) groups excluding carboxylic acids is 1. The maximum atomic E-state index is 13.3. The number of benzene rings is 2. The number of Topliss-reactive ketones (excluding diaryl/α,β-unsaturated/α-hetero) is 1. The van der Waals surface area contributed by atoms with Crippen LogP contribution in [0.2, 0.25) is 0 Å². The molecule has 0 aromatic heterocycles. The van der Waals surface area contributed by atoms with E-state index in [2.05, 4.69) is 0 Å². The molecule has 0 amide bonds. The number of allylic oxidation sites excluding steroid dienone is 2. The van der Waals surface area contributed by atoms with Gasteiger partial charge in [0.1, 0.15) is 11.5 Å². The molecule has 0 radical (unpaired) electrons. The van der Waals surface area contributed by atoms with E-state index in [1.807, 2.05) is 60.7 Å². The highest BCUT2D eigenvalue weighted by Gasteiger charge is 2.20. The van der Waals surface area contributed by atoms with Gasteiger partial charge in [0.25, 0.3) is 0 Å². The standard InChI is InChI=1S/C40H58O5/c41-28-13-9-5-1-3-7-11-15-30-44-38-24-20-34(21-25-38)32-36-18-17-19-37(40(36)43)33-35-22-26-39(27-23-35)45-31-16-12-8-4-2-6-10-14-29-42/h20-27,32-33,41-42H,1-19,28-31H2/b36-32+,37-33+. The van der Waals surface area contributed by atoms with Gasteiger partial charge in [0.05, 0.1) is 13.2 Å². The maximum absolute atomic E-state index is 13.3. The Balaban J connectivity index is 1.35. The quantitative estimate of drug-likeness (QED) is 0.0905. The number of rotatable bonds is 24. The van der Waals surface area contributed by atoms with Gasteiger partial charge in [0, 0.05) is 24.4 Å². The van der Waals surface area contributed by atoms with Crippen LogP contribution in [0.5, 0.6) is 11.5 Å². The number of ether oxygens (including phenoxy) is 2. The smallest absolute Gasteiger partial charge is 0.185 e. The predicted octanol–water partition coefficient (Wildman–Crippen LogP) is 9.89. The fourth-order valence-electron chi connectivity index (χ4n) is 5.83. The lowest BCUT2D eigenvalue weighted by Crippen LogP contribution is -2.12. The lowest BCUT2D eigenvalue weighted by molar-refractivity contribution is -0.112. The first-order valence-corrected chi connectivity index (χ1v) is 17.8. The SMILES string of the molecule is O=C1/C(=C/c2ccc(OCCCCCCCCCCO)cc2)CCC/C1=C\c1ccc(OCCCCCCCCCCO)cc1. The second kappa shape index (κ2) is 23.4. The van der Waals surface area contributed by atoms with Crippen molar-refractivity contribution in [2.45, 2.75) is 122 Å². The lowest BCUT2D eigenvalue weighted by Gasteiger charge is -2.17. The van der Waals surface area contributed by atoms with E-state index in [-0.39, 0.29) is 5.78 Å². The van der Waals surface area contributed by atoms with E-state index in [1.54, 1.807) is 0 Å². The van der Waals surface area contributed by atoms with Crippen LogP contribution in [0.4, 0.5) is 0 Å². The van der Waals surface area contributed by atoms with Crippen LogP contribution in [0.3, 0.4) is 0 Å². The van der Waals surface area contributed by atoms with Crippen molar-refractivity contribution in [3.63, 3.8) is 0 Å². The van der Waals surface area contributed by atoms with Crippen molar-refractivity contribution in [3.05, 3.63) is 70.8 Å². The molecule has 3 rings (SSSR count). The molecule has 45 heavy (non-hydrogen) atoms. The van der Waals surface area contributed by atoms with Crippen molar-refractivity contribution < 1.29 is 24.5 Å². The molecule has 0 unspecified atom stereocenters. The molecule has 0 saturated heterocycles. The van der Waals surface area contributed by atoms with Crippen molar-refractivity contribution in [2.24, 2.45) is 0 Å². The summed E-state index contributed by atoms with van der Waals surface area (Å²) in [5.41, 5.74) is 3.82. The minimum Gasteiger partial charge on any atom is -0.494 e. The highest BCUT2D eigenvalue weighted by Crippen LogP contribution is 2.29. The minimum atomic E-state index is 0.156. The molecule has 0 heterocycles. The normalized spacial score (nSPS) is 15.2. The van der Waals surface area contributed by atoms with Gasteiger partial charge in [-0.2, -0.15) is 0 Å². The number of hydrogen-bond donors (Lipinski definition) is 2. The molecule has 2 N–H and O–H groups in total. The molecule has 0 bridgehead atoms. The molecular weight excluding hydrogens is 560 g/mol. The van der Waals surface area contributed by atoms with Crippen LogP contribution in [-0.2, 0) is 4.79 Å². The van der Waals surface area contributed by atoms with E-state index >= 15 is 0 Å². The first-order chi connectivity index (χ1) is 22.2. The van der Waals surface area contributed by atoms with Gasteiger partial charge in [-0.3, -0.25) is 4.79 Å². The summed E-state index contributed by atoms with van der Waals surface area (Å²) in [6, 6.07) is 16.2. The number of carbonyl (C=O) groups is 1. The Morgan fingerprint density at radius 3 is 1.18 bits per heavy atom. The molecule has 5 heteroatoms. The van der Waals surface area contributed by atoms with Gasteiger partial charge in [-0.05, 0) is 92.5 Å². The number of aliphatic hydroxyl groups excluding tert-OH is 2. The van der Waals surface area contributed by atoms with E-state index in [0.29, 0.717) is 13.2 Å². The summed E-state index contributed by atoms with van der Waals surface area (Å²) in [4.78, 5) is 13.3. The van der Waals surface area contributed by atoms with E-state index in [4.69, 9.17) is 19.7 Å². The summed E-state index contributed by atoms with van der Waals surface area (Å²) in [5.74, 6) is 1.92. The third-order valence-electron chi connectivity index (χ3n) is 8.56. The molecule has 2 aromatic carbocycles. The Hall–Kier alpha value is -2.89. The van der Waals surface area contributed by atoms with Gasteiger partial charge in [-0.25, -0.2) is 0 Å². The third-order valence-corrected chi connectivity index (χ3v) is 8.56. The number of aliphatic hydroxyl groups is 2. The third kappa shape index (κ3) is 15.8. The van der Waals surface area contributed by atoms with Gasteiger partial charge in [-0.1, -0.05) is 101 Å². The Bertz CT molecular complexity index is 1030. The van der Waals surface area contributed by atoms with E-state index < -0.39 is 0 Å². The van der Waals surface area contributed by atoms with Crippen LogP contribution < -0.4 is 9.47 Å². The fourth-order valence-corrected chi connectivity index (χ4v) is 5.83. The van der Waals surface area contributed by atoms with Crippen molar-refractivity contribution >= 4 is 17.9 Å². The van der Waals surface area contributed by atoms with Crippen LogP contribution in [0.25, 0.3) is 12.2 Å². The second-order valence-corrected chi connectivity index (χ2v) is 12.5. The first-order valence-electron chi connectivity index (χ1n) is 17.8. The molecule has 2 aromatic rings. The molecule has 1 fully saturated rings. The molecule has 1 aliphatic carbocycles. The topological polar surface area (TPSA) is 76.0 Å². The van der Waals surface area contributed by atoms with Crippen LogP contribution in [0.15, 0.2) is 59.7 Å². The fraction of sp³-hybridized carbons (Fsp3) is 0.575. The Labute approximate surface area is 272 Å². The molecule has 1 saturated carbocycles. The molecule has 1 aliphatic rings. The molecule has 5 nitrogen and oxygen atoms in total. The highest BCUT2D eigenvalue weighted by atomic mass is 16.5. The van der Waals surface area contributed by atoms with Gasteiger partial charge >= 0.3 is 0 Å². The Kier molecular flexibility index (Phi) is 19.1. The minimum absolute atomic E-state index is 0.156. The van der Waals surface area contributed by atoms with Crippen molar-refractivity contribution in [3.8, 4) is 11.5 Å². The summed E-state index contributed by atoms with van der Waals surface area (Å²) in [7, 11) is 0. The molecular formula is C40H58O5. The van der Waals surface area contributed by atoms with E-state index in [0.717, 1.165) is 105 Å². The number of ketones is 1.